The maximum absolute atomic E-state index is 11.7. The molecule has 3 heteroatoms. The van der Waals surface area contributed by atoms with Gasteiger partial charge in [-0.2, -0.15) is 0 Å². The first-order valence-corrected chi connectivity index (χ1v) is 9.23. The summed E-state index contributed by atoms with van der Waals surface area (Å²) >= 11 is 0. The van der Waals surface area contributed by atoms with E-state index in [1.165, 1.54) is 38.5 Å². The molecule has 0 aromatic rings. The van der Waals surface area contributed by atoms with Crippen molar-refractivity contribution >= 4 is 11.7 Å². The molecule has 22 heavy (non-hydrogen) atoms. The van der Waals surface area contributed by atoms with Gasteiger partial charge < -0.3 is 4.74 Å². The lowest BCUT2D eigenvalue weighted by atomic mass is 10.0. The maximum Gasteiger partial charge on any atom is 0.306 e. The summed E-state index contributed by atoms with van der Waals surface area (Å²) in [5.41, 5.74) is 1.10. The minimum Gasteiger partial charge on any atom is -0.462 e. The van der Waals surface area contributed by atoms with Gasteiger partial charge in [-0.05, 0) is 26.7 Å². The van der Waals surface area contributed by atoms with Gasteiger partial charge in [0.1, 0.15) is 6.10 Å². The van der Waals surface area contributed by atoms with Crippen molar-refractivity contribution in [1.82, 2.24) is 0 Å². The highest BCUT2D eigenvalue weighted by molar-refractivity contribution is 5.84. The average molecular weight is 312 g/mol. The summed E-state index contributed by atoms with van der Waals surface area (Å²) in [6.45, 7) is 11.3. The van der Waals surface area contributed by atoms with Crippen LogP contribution in [0.1, 0.15) is 92.4 Å². The number of nitrogens with zero attached hydrogens (tertiary/aromatic N) is 1. The zero-order valence-corrected chi connectivity index (χ0v) is 15.5. The molecule has 0 spiro atoms. The number of esters is 1. The molecular formula is C19H37NO2. The number of ether oxygens (including phenoxy) is 1. The molecule has 0 bridgehead atoms. The maximum atomic E-state index is 11.7. The fourth-order valence-corrected chi connectivity index (χ4v) is 2.32. The van der Waals surface area contributed by atoms with E-state index >= 15 is 0 Å². The molecule has 0 radical (unpaired) electrons. The Morgan fingerprint density at radius 2 is 1.55 bits per heavy atom. The summed E-state index contributed by atoms with van der Waals surface area (Å²) in [6, 6.07) is 0. The normalized spacial score (nSPS) is 14.7. The first kappa shape index (κ1) is 21.1. The van der Waals surface area contributed by atoms with Crippen molar-refractivity contribution in [1.29, 1.82) is 0 Å². The number of hydrogen-bond acceptors (Lipinski definition) is 3. The van der Waals surface area contributed by atoms with E-state index in [0.717, 1.165) is 25.1 Å². The highest BCUT2D eigenvalue weighted by atomic mass is 16.5. The van der Waals surface area contributed by atoms with Crippen LogP contribution in [-0.2, 0) is 9.53 Å². The fraction of sp³-hybridized carbons (Fsp3) is 0.895. The molecule has 0 fully saturated rings. The van der Waals surface area contributed by atoms with Crippen molar-refractivity contribution < 1.29 is 9.53 Å². The van der Waals surface area contributed by atoms with Crippen molar-refractivity contribution in [3.05, 3.63) is 0 Å². The van der Waals surface area contributed by atoms with Crippen molar-refractivity contribution in [3.8, 4) is 0 Å². The predicted octanol–water partition coefficient (Wildman–Crippen LogP) is 5.57. The molecular weight excluding hydrogens is 274 g/mol. The van der Waals surface area contributed by atoms with Gasteiger partial charge in [0.15, 0.2) is 0 Å². The van der Waals surface area contributed by atoms with Crippen LogP contribution in [0.5, 0.6) is 0 Å². The minimum absolute atomic E-state index is 0.0788. The van der Waals surface area contributed by atoms with Gasteiger partial charge in [-0.3, -0.25) is 9.79 Å². The molecule has 0 saturated carbocycles. The Labute approximate surface area is 137 Å². The molecule has 0 aromatic heterocycles. The smallest absolute Gasteiger partial charge is 0.306 e. The zero-order chi connectivity index (χ0) is 16.8. The first-order valence-electron chi connectivity index (χ1n) is 9.23. The highest BCUT2D eigenvalue weighted by Gasteiger charge is 2.18. The number of aliphatic imine (C=N–C) groups is 1. The largest absolute Gasteiger partial charge is 0.462 e. The fourth-order valence-electron chi connectivity index (χ4n) is 2.32. The minimum atomic E-state index is -0.0855. The van der Waals surface area contributed by atoms with Crippen molar-refractivity contribution in [2.24, 2.45) is 10.9 Å². The SMILES string of the molecule is CCCCCCCCN=C(C)C(C)C(C)OC(=O)CCCC. The Morgan fingerprint density at radius 1 is 0.955 bits per heavy atom. The molecule has 0 aliphatic heterocycles. The number of unbranched alkanes of at least 4 members (excludes halogenated alkanes) is 6. The van der Waals surface area contributed by atoms with Crippen LogP contribution in [0.25, 0.3) is 0 Å². The van der Waals surface area contributed by atoms with Gasteiger partial charge in [0.05, 0.1) is 0 Å². The third kappa shape index (κ3) is 10.8. The number of carbonyl (C=O) groups excluding carboxylic acids is 1. The van der Waals surface area contributed by atoms with Gasteiger partial charge in [-0.1, -0.05) is 59.3 Å². The van der Waals surface area contributed by atoms with E-state index in [9.17, 15) is 4.79 Å². The number of hydrogen-bond donors (Lipinski definition) is 0. The van der Waals surface area contributed by atoms with Crippen LogP contribution in [0.15, 0.2) is 4.99 Å². The van der Waals surface area contributed by atoms with Crippen molar-refractivity contribution in [3.63, 3.8) is 0 Å². The lowest BCUT2D eigenvalue weighted by Gasteiger charge is -2.20. The van der Waals surface area contributed by atoms with Crippen LogP contribution >= 0.6 is 0 Å². The third-order valence-corrected chi connectivity index (χ3v) is 4.29. The topological polar surface area (TPSA) is 38.7 Å². The lowest BCUT2D eigenvalue weighted by molar-refractivity contribution is -0.149. The van der Waals surface area contributed by atoms with Crippen molar-refractivity contribution in [2.45, 2.75) is 98.5 Å². The Kier molecular flexibility index (Phi) is 13.2. The van der Waals surface area contributed by atoms with Gasteiger partial charge in [0, 0.05) is 24.6 Å². The first-order chi connectivity index (χ1) is 10.5. The van der Waals surface area contributed by atoms with Crippen LogP contribution in [0.3, 0.4) is 0 Å². The quantitative estimate of drug-likeness (QED) is 0.253. The predicted molar refractivity (Wildman–Crippen MR) is 95.6 cm³/mol. The number of carbonyl (C=O) groups is 1. The molecule has 0 saturated heterocycles. The van der Waals surface area contributed by atoms with E-state index in [1.807, 2.05) is 6.92 Å². The molecule has 0 aliphatic rings. The Hall–Kier alpha value is -0.860. The molecule has 130 valence electrons. The van der Waals surface area contributed by atoms with Crippen LogP contribution in [0, 0.1) is 5.92 Å². The Bertz CT molecular complexity index is 313. The van der Waals surface area contributed by atoms with E-state index in [2.05, 4.69) is 32.7 Å². The third-order valence-electron chi connectivity index (χ3n) is 4.29. The molecule has 2 atom stereocenters. The molecule has 3 nitrogen and oxygen atoms in total. The molecule has 0 amide bonds. The Morgan fingerprint density at radius 3 is 2.18 bits per heavy atom. The second kappa shape index (κ2) is 13.8. The second-order valence-corrected chi connectivity index (χ2v) is 6.38. The molecule has 0 heterocycles. The van der Waals surface area contributed by atoms with Crippen LogP contribution in [0.2, 0.25) is 0 Å². The highest BCUT2D eigenvalue weighted by Crippen LogP contribution is 2.12. The summed E-state index contributed by atoms with van der Waals surface area (Å²) in [5, 5.41) is 0. The summed E-state index contributed by atoms with van der Waals surface area (Å²) < 4.78 is 5.49. The lowest BCUT2D eigenvalue weighted by Crippen LogP contribution is -2.27. The van der Waals surface area contributed by atoms with E-state index in [4.69, 9.17) is 4.74 Å². The van der Waals surface area contributed by atoms with Crippen LogP contribution in [-0.4, -0.2) is 24.3 Å². The van der Waals surface area contributed by atoms with E-state index in [-0.39, 0.29) is 18.0 Å². The van der Waals surface area contributed by atoms with Gasteiger partial charge in [-0.15, -0.1) is 0 Å². The standard InChI is InChI=1S/C19H37NO2/c1-6-8-10-11-12-13-15-20-17(4)16(3)18(5)22-19(21)14-9-7-2/h16,18H,6-15H2,1-5H3. The van der Waals surface area contributed by atoms with E-state index < -0.39 is 0 Å². The molecule has 0 rings (SSSR count). The van der Waals surface area contributed by atoms with E-state index in [1.54, 1.807) is 0 Å². The van der Waals surface area contributed by atoms with E-state index in [0.29, 0.717) is 6.42 Å². The van der Waals surface area contributed by atoms with Crippen LogP contribution in [0.4, 0.5) is 0 Å². The summed E-state index contributed by atoms with van der Waals surface area (Å²) in [5.74, 6) is 0.121. The molecule has 0 N–H and O–H groups in total. The number of rotatable bonds is 13. The van der Waals surface area contributed by atoms with Gasteiger partial charge in [0.25, 0.3) is 0 Å². The van der Waals surface area contributed by atoms with Gasteiger partial charge >= 0.3 is 5.97 Å². The summed E-state index contributed by atoms with van der Waals surface area (Å²) in [4.78, 5) is 16.3. The van der Waals surface area contributed by atoms with Gasteiger partial charge in [-0.25, -0.2) is 0 Å². The molecule has 0 aromatic carbocycles. The summed E-state index contributed by atoms with van der Waals surface area (Å²) in [7, 11) is 0. The molecule has 2 unspecified atom stereocenters. The second-order valence-electron chi connectivity index (χ2n) is 6.38. The monoisotopic (exact) mass is 311 g/mol. The Balaban J connectivity index is 3.94. The summed E-state index contributed by atoms with van der Waals surface area (Å²) in [6.07, 6.45) is 10.1. The zero-order valence-electron chi connectivity index (χ0n) is 15.5. The molecule has 0 aliphatic carbocycles. The van der Waals surface area contributed by atoms with Gasteiger partial charge in [0.2, 0.25) is 0 Å². The average Bonchev–Trinajstić information content (AvgIpc) is 2.50. The van der Waals surface area contributed by atoms with Crippen LogP contribution < -0.4 is 0 Å². The van der Waals surface area contributed by atoms with Crippen molar-refractivity contribution in [2.75, 3.05) is 6.54 Å².